The first kappa shape index (κ1) is 11.3. The molecule has 17 heavy (non-hydrogen) atoms. The number of fused-ring (bicyclic) bond motifs is 1. The number of thioether (sulfide) groups is 1. The van der Waals surface area contributed by atoms with E-state index in [0.29, 0.717) is 11.3 Å². The van der Waals surface area contributed by atoms with Crippen LogP contribution in [0.5, 0.6) is 0 Å². The van der Waals surface area contributed by atoms with E-state index in [1.165, 1.54) is 24.1 Å². The van der Waals surface area contributed by atoms with Crippen LogP contribution in [0.15, 0.2) is 35.2 Å². The van der Waals surface area contributed by atoms with Crippen LogP contribution in [0, 0.1) is 5.92 Å². The Morgan fingerprint density at radius 1 is 1.18 bits per heavy atom. The number of carbonyl (C=O) groups is 1. The number of hydrogen-bond donors (Lipinski definition) is 0. The van der Waals surface area contributed by atoms with Crippen molar-refractivity contribution in [2.24, 2.45) is 5.92 Å². The highest BCUT2D eigenvalue weighted by molar-refractivity contribution is 8.00. The molecule has 3 heteroatoms. The third-order valence-electron chi connectivity index (χ3n) is 3.90. The average molecular weight is 247 g/mol. The number of aldehydes is 1. The molecule has 0 aliphatic carbocycles. The SMILES string of the molecule is O=CC1CCN2CCC(Sc3ccccc3)C12. The van der Waals surface area contributed by atoms with Crippen molar-refractivity contribution in [3.63, 3.8) is 0 Å². The van der Waals surface area contributed by atoms with Gasteiger partial charge in [-0.15, -0.1) is 11.8 Å². The summed E-state index contributed by atoms with van der Waals surface area (Å²) in [6.07, 6.45) is 3.45. The molecule has 0 amide bonds. The minimum Gasteiger partial charge on any atom is -0.303 e. The molecule has 0 bridgehead atoms. The van der Waals surface area contributed by atoms with Gasteiger partial charge in [-0.1, -0.05) is 18.2 Å². The van der Waals surface area contributed by atoms with Gasteiger partial charge in [-0.05, 0) is 38.1 Å². The van der Waals surface area contributed by atoms with Crippen molar-refractivity contribution in [3.05, 3.63) is 30.3 Å². The Kier molecular flexibility index (Phi) is 3.21. The van der Waals surface area contributed by atoms with Crippen molar-refractivity contribution in [1.82, 2.24) is 4.90 Å². The summed E-state index contributed by atoms with van der Waals surface area (Å²) in [5.41, 5.74) is 0. The number of hydrogen-bond acceptors (Lipinski definition) is 3. The number of benzene rings is 1. The van der Waals surface area contributed by atoms with E-state index in [1.807, 2.05) is 11.8 Å². The Morgan fingerprint density at radius 2 is 1.94 bits per heavy atom. The lowest BCUT2D eigenvalue weighted by molar-refractivity contribution is -0.111. The molecule has 2 saturated heterocycles. The van der Waals surface area contributed by atoms with Gasteiger partial charge >= 0.3 is 0 Å². The van der Waals surface area contributed by atoms with Crippen LogP contribution in [0.4, 0.5) is 0 Å². The molecule has 0 N–H and O–H groups in total. The molecule has 2 heterocycles. The van der Waals surface area contributed by atoms with Gasteiger partial charge in [-0.25, -0.2) is 0 Å². The van der Waals surface area contributed by atoms with Crippen LogP contribution in [-0.4, -0.2) is 35.6 Å². The molecule has 2 fully saturated rings. The summed E-state index contributed by atoms with van der Waals surface area (Å²) in [4.78, 5) is 14.9. The molecular formula is C14H17NOS. The van der Waals surface area contributed by atoms with Crippen molar-refractivity contribution in [2.45, 2.75) is 29.0 Å². The second-order valence-corrected chi connectivity index (χ2v) is 6.19. The van der Waals surface area contributed by atoms with Crippen LogP contribution in [-0.2, 0) is 4.79 Å². The minimum absolute atomic E-state index is 0.263. The van der Waals surface area contributed by atoms with E-state index in [0.717, 1.165) is 13.0 Å². The average Bonchev–Trinajstić information content (AvgIpc) is 2.93. The molecule has 0 aromatic heterocycles. The maximum absolute atomic E-state index is 11.1. The number of rotatable bonds is 3. The number of nitrogens with zero attached hydrogens (tertiary/aromatic N) is 1. The Morgan fingerprint density at radius 3 is 2.71 bits per heavy atom. The molecule has 3 rings (SSSR count). The highest BCUT2D eigenvalue weighted by Crippen LogP contribution is 2.40. The first-order chi connectivity index (χ1) is 8.38. The molecule has 0 spiro atoms. The van der Waals surface area contributed by atoms with E-state index in [-0.39, 0.29) is 5.92 Å². The summed E-state index contributed by atoms with van der Waals surface area (Å²) in [5.74, 6) is 0.263. The Balaban J connectivity index is 1.74. The first-order valence-corrected chi connectivity index (χ1v) is 7.17. The largest absolute Gasteiger partial charge is 0.303 e. The molecule has 1 aromatic carbocycles. The second-order valence-electron chi connectivity index (χ2n) is 4.87. The van der Waals surface area contributed by atoms with Crippen molar-refractivity contribution >= 4 is 18.0 Å². The van der Waals surface area contributed by atoms with Crippen molar-refractivity contribution in [2.75, 3.05) is 13.1 Å². The summed E-state index contributed by atoms with van der Waals surface area (Å²) >= 11 is 1.95. The van der Waals surface area contributed by atoms with E-state index in [4.69, 9.17) is 0 Å². The van der Waals surface area contributed by atoms with Crippen LogP contribution in [0.1, 0.15) is 12.8 Å². The molecule has 2 aliphatic heterocycles. The molecular weight excluding hydrogens is 230 g/mol. The highest BCUT2D eigenvalue weighted by atomic mass is 32.2. The standard InChI is InChI=1S/C14H17NOS/c16-10-11-6-8-15-9-7-13(14(11)15)17-12-4-2-1-3-5-12/h1-5,10-11,13-14H,6-9H2. The fourth-order valence-corrected chi connectivity index (χ4v) is 4.49. The maximum atomic E-state index is 11.1. The fraction of sp³-hybridized carbons (Fsp3) is 0.500. The lowest BCUT2D eigenvalue weighted by atomic mass is 10.00. The van der Waals surface area contributed by atoms with E-state index in [1.54, 1.807) is 0 Å². The molecule has 90 valence electrons. The third-order valence-corrected chi connectivity index (χ3v) is 5.26. The quantitative estimate of drug-likeness (QED) is 0.765. The molecule has 3 unspecified atom stereocenters. The van der Waals surface area contributed by atoms with Gasteiger partial charge in [0.15, 0.2) is 0 Å². The highest BCUT2D eigenvalue weighted by Gasteiger charge is 2.43. The zero-order chi connectivity index (χ0) is 11.7. The molecule has 3 atom stereocenters. The summed E-state index contributed by atoms with van der Waals surface area (Å²) in [6, 6.07) is 11.0. The first-order valence-electron chi connectivity index (χ1n) is 6.29. The van der Waals surface area contributed by atoms with Crippen molar-refractivity contribution in [1.29, 1.82) is 0 Å². The smallest absolute Gasteiger partial charge is 0.124 e. The van der Waals surface area contributed by atoms with Gasteiger partial charge in [0, 0.05) is 22.1 Å². The lowest BCUT2D eigenvalue weighted by Gasteiger charge is -2.22. The predicted octanol–water partition coefficient (Wildman–Crippen LogP) is 2.44. The summed E-state index contributed by atoms with van der Waals surface area (Å²) in [7, 11) is 0. The van der Waals surface area contributed by atoms with E-state index in [2.05, 4.69) is 35.2 Å². The molecule has 0 saturated carbocycles. The Labute approximate surface area is 106 Å². The Hall–Kier alpha value is -0.800. The van der Waals surface area contributed by atoms with Gasteiger partial charge in [0.05, 0.1) is 0 Å². The van der Waals surface area contributed by atoms with Gasteiger partial charge in [0.1, 0.15) is 6.29 Å². The van der Waals surface area contributed by atoms with E-state index >= 15 is 0 Å². The van der Waals surface area contributed by atoms with E-state index < -0.39 is 0 Å². The van der Waals surface area contributed by atoms with Crippen molar-refractivity contribution in [3.8, 4) is 0 Å². The van der Waals surface area contributed by atoms with Crippen LogP contribution in [0.25, 0.3) is 0 Å². The summed E-state index contributed by atoms with van der Waals surface area (Å²) in [6.45, 7) is 2.28. The van der Waals surface area contributed by atoms with Crippen LogP contribution in [0.2, 0.25) is 0 Å². The van der Waals surface area contributed by atoms with Gasteiger partial charge in [-0.3, -0.25) is 4.90 Å². The van der Waals surface area contributed by atoms with Gasteiger partial charge in [-0.2, -0.15) is 0 Å². The number of carbonyl (C=O) groups excluding carboxylic acids is 1. The maximum Gasteiger partial charge on any atom is 0.124 e. The Bertz CT molecular complexity index is 394. The molecule has 0 radical (unpaired) electrons. The van der Waals surface area contributed by atoms with Crippen LogP contribution < -0.4 is 0 Å². The summed E-state index contributed by atoms with van der Waals surface area (Å²) in [5, 5.41) is 0.593. The molecule has 1 aromatic rings. The topological polar surface area (TPSA) is 20.3 Å². The van der Waals surface area contributed by atoms with E-state index in [9.17, 15) is 4.79 Å². The summed E-state index contributed by atoms with van der Waals surface area (Å²) < 4.78 is 0. The molecule has 2 nitrogen and oxygen atoms in total. The monoisotopic (exact) mass is 247 g/mol. The zero-order valence-corrected chi connectivity index (χ0v) is 10.6. The van der Waals surface area contributed by atoms with Crippen LogP contribution >= 0.6 is 11.8 Å². The van der Waals surface area contributed by atoms with Crippen molar-refractivity contribution < 1.29 is 4.79 Å². The van der Waals surface area contributed by atoms with Crippen LogP contribution in [0.3, 0.4) is 0 Å². The van der Waals surface area contributed by atoms with Gasteiger partial charge in [0.25, 0.3) is 0 Å². The normalized spacial score (nSPS) is 32.6. The second kappa shape index (κ2) is 4.83. The lowest BCUT2D eigenvalue weighted by Crippen LogP contribution is -2.32. The molecule has 2 aliphatic rings. The fourth-order valence-electron chi connectivity index (χ4n) is 3.09. The van der Waals surface area contributed by atoms with Gasteiger partial charge in [0.2, 0.25) is 0 Å². The third kappa shape index (κ3) is 2.14. The predicted molar refractivity (Wildman–Crippen MR) is 70.2 cm³/mol. The minimum atomic E-state index is 0.263. The van der Waals surface area contributed by atoms with Gasteiger partial charge < -0.3 is 4.79 Å². The zero-order valence-electron chi connectivity index (χ0n) is 9.79.